The van der Waals surface area contributed by atoms with Crippen LogP contribution in [0.2, 0.25) is 0 Å². The minimum atomic E-state index is -0.506. The Balaban J connectivity index is 1.96. The van der Waals surface area contributed by atoms with Crippen LogP contribution in [0.3, 0.4) is 0 Å². The second kappa shape index (κ2) is 5.14. The predicted molar refractivity (Wildman–Crippen MR) is 55.6 cm³/mol. The van der Waals surface area contributed by atoms with Gasteiger partial charge in [-0.15, -0.1) is 0 Å². The smallest absolute Gasteiger partial charge is 0.252 e. The standard InChI is InChI=1S/C11H15NO4/c13-5-3-10-11(14)12(4-7-16-10)8-9-2-1-6-15-9/h1-2,6,10,13H,3-5,7-8H2. The van der Waals surface area contributed by atoms with Crippen molar-refractivity contribution in [2.45, 2.75) is 19.1 Å². The van der Waals surface area contributed by atoms with Gasteiger partial charge >= 0.3 is 0 Å². The minimum Gasteiger partial charge on any atom is -0.467 e. The number of hydrogen-bond donors (Lipinski definition) is 1. The van der Waals surface area contributed by atoms with E-state index in [1.54, 1.807) is 17.2 Å². The molecule has 1 aromatic heterocycles. The summed E-state index contributed by atoms with van der Waals surface area (Å²) < 4.78 is 10.5. The third-order valence-corrected chi connectivity index (χ3v) is 2.59. The molecule has 1 atom stereocenters. The molecule has 1 saturated heterocycles. The zero-order valence-electron chi connectivity index (χ0n) is 8.96. The molecule has 5 nitrogen and oxygen atoms in total. The van der Waals surface area contributed by atoms with Gasteiger partial charge in [-0.3, -0.25) is 4.79 Å². The van der Waals surface area contributed by atoms with E-state index in [1.807, 2.05) is 6.07 Å². The van der Waals surface area contributed by atoms with Crippen molar-refractivity contribution in [3.63, 3.8) is 0 Å². The third kappa shape index (κ3) is 2.43. The molecule has 5 heteroatoms. The van der Waals surface area contributed by atoms with Crippen molar-refractivity contribution >= 4 is 5.91 Å². The molecule has 2 heterocycles. The SMILES string of the molecule is O=C1C(CCO)OCCN1Cc1ccco1. The highest BCUT2D eigenvalue weighted by Crippen LogP contribution is 2.14. The third-order valence-electron chi connectivity index (χ3n) is 2.59. The van der Waals surface area contributed by atoms with Gasteiger partial charge in [0.2, 0.25) is 0 Å². The van der Waals surface area contributed by atoms with Crippen molar-refractivity contribution in [2.24, 2.45) is 0 Å². The summed E-state index contributed by atoms with van der Waals surface area (Å²) in [5.74, 6) is 0.690. The normalized spacial score (nSPS) is 21.4. The molecule has 1 N–H and O–H groups in total. The van der Waals surface area contributed by atoms with Crippen LogP contribution in [0.4, 0.5) is 0 Å². The van der Waals surface area contributed by atoms with Gasteiger partial charge in [0.1, 0.15) is 11.9 Å². The van der Waals surface area contributed by atoms with Gasteiger partial charge in [0.05, 0.1) is 19.4 Å². The summed E-state index contributed by atoms with van der Waals surface area (Å²) >= 11 is 0. The molecule has 1 aromatic rings. The maximum absolute atomic E-state index is 11.9. The molecule has 1 unspecified atom stereocenters. The highest BCUT2D eigenvalue weighted by atomic mass is 16.5. The number of amides is 1. The summed E-state index contributed by atoms with van der Waals surface area (Å²) in [6.07, 6.45) is 1.44. The average molecular weight is 225 g/mol. The van der Waals surface area contributed by atoms with E-state index >= 15 is 0 Å². The van der Waals surface area contributed by atoms with Crippen LogP contribution in [0.1, 0.15) is 12.2 Å². The first-order valence-electron chi connectivity index (χ1n) is 5.35. The molecule has 2 rings (SSSR count). The zero-order valence-corrected chi connectivity index (χ0v) is 8.96. The van der Waals surface area contributed by atoms with Crippen LogP contribution in [-0.2, 0) is 16.1 Å². The summed E-state index contributed by atoms with van der Waals surface area (Å²) in [5, 5.41) is 8.81. The first-order chi connectivity index (χ1) is 7.81. The Kier molecular flexibility index (Phi) is 3.58. The number of rotatable bonds is 4. The van der Waals surface area contributed by atoms with E-state index in [4.69, 9.17) is 14.3 Å². The molecule has 88 valence electrons. The molecule has 1 aliphatic heterocycles. The summed E-state index contributed by atoms with van der Waals surface area (Å²) in [5.41, 5.74) is 0. The van der Waals surface area contributed by atoms with Crippen LogP contribution < -0.4 is 0 Å². The van der Waals surface area contributed by atoms with Crippen molar-refractivity contribution in [3.05, 3.63) is 24.2 Å². The molecule has 0 saturated carbocycles. The van der Waals surface area contributed by atoms with Gasteiger partial charge in [0.25, 0.3) is 5.91 Å². The van der Waals surface area contributed by atoms with Gasteiger partial charge in [-0.25, -0.2) is 0 Å². The zero-order chi connectivity index (χ0) is 11.4. The molecule has 0 radical (unpaired) electrons. The number of furan rings is 1. The predicted octanol–water partition coefficient (Wildman–Crippen LogP) is 0.389. The van der Waals surface area contributed by atoms with Crippen LogP contribution in [0.25, 0.3) is 0 Å². The summed E-state index contributed by atoms with van der Waals surface area (Å²) in [6.45, 7) is 1.51. The van der Waals surface area contributed by atoms with E-state index < -0.39 is 6.10 Å². The van der Waals surface area contributed by atoms with Gasteiger partial charge in [-0.2, -0.15) is 0 Å². The van der Waals surface area contributed by atoms with E-state index in [2.05, 4.69) is 0 Å². The number of aliphatic hydroxyl groups excluding tert-OH is 1. The number of nitrogens with zero attached hydrogens (tertiary/aromatic N) is 1. The van der Waals surface area contributed by atoms with Crippen molar-refractivity contribution in [1.82, 2.24) is 4.90 Å². The second-order valence-corrected chi connectivity index (χ2v) is 3.71. The molecular formula is C11H15NO4. The molecule has 0 aromatic carbocycles. The Morgan fingerprint density at radius 1 is 1.56 bits per heavy atom. The molecule has 1 fully saturated rings. The van der Waals surface area contributed by atoms with Gasteiger partial charge in [0, 0.05) is 19.6 Å². The highest BCUT2D eigenvalue weighted by molar-refractivity contribution is 5.81. The molecule has 0 bridgehead atoms. The van der Waals surface area contributed by atoms with Crippen LogP contribution in [0.15, 0.2) is 22.8 Å². The molecule has 1 amide bonds. The van der Waals surface area contributed by atoms with Gasteiger partial charge in [-0.05, 0) is 12.1 Å². The molecule has 0 aliphatic carbocycles. The maximum Gasteiger partial charge on any atom is 0.252 e. The summed E-state index contributed by atoms with van der Waals surface area (Å²) in [7, 11) is 0. The van der Waals surface area contributed by atoms with E-state index in [0.29, 0.717) is 26.1 Å². The van der Waals surface area contributed by atoms with E-state index in [1.165, 1.54) is 0 Å². The summed E-state index contributed by atoms with van der Waals surface area (Å²) in [4.78, 5) is 13.6. The van der Waals surface area contributed by atoms with E-state index in [0.717, 1.165) is 5.76 Å². The van der Waals surface area contributed by atoms with Gasteiger partial charge in [-0.1, -0.05) is 0 Å². The van der Waals surface area contributed by atoms with E-state index in [-0.39, 0.29) is 12.5 Å². The molecule has 1 aliphatic rings. The lowest BCUT2D eigenvalue weighted by atomic mass is 10.2. The Morgan fingerprint density at radius 3 is 3.12 bits per heavy atom. The first-order valence-corrected chi connectivity index (χ1v) is 5.35. The number of hydrogen-bond acceptors (Lipinski definition) is 4. The Morgan fingerprint density at radius 2 is 2.44 bits per heavy atom. The van der Waals surface area contributed by atoms with Crippen LogP contribution in [0.5, 0.6) is 0 Å². The lowest BCUT2D eigenvalue weighted by Gasteiger charge is -2.31. The molecule has 16 heavy (non-hydrogen) atoms. The Bertz CT molecular complexity index is 334. The van der Waals surface area contributed by atoms with Crippen LogP contribution in [0, 0.1) is 0 Å². The lowest BCUT2D eigenvalue weighted by Crippen LogP contribution is -2.47. The van der Waals surface area contributed by atoms with Crippen molar-refractivity contribution in [2.75, 3.05) is 19.8 Å². The Labute approximate surface area is 93.6 Å². The largest absolute Gasteiger partial charge is 0.467 e. The highest BCUT2D eigenvalue weighted by Gasteiger charge is 2.29. The Hall–Kier alpha value is -1.33. The topological polar surface area (TPSA) is 62.9 Å². The average Bonchev–Trinajstić information content (AvgIpc) is 2.77. The van der Waals surface area contributed by atoms with Gasteiger partial charge in [0.15, 0.2) is 0 Å². The quantitative estimate of drug-likeness (QED) is 0.805. The monoisotopic (exact) mass is 225 g/mol. The number of ether oxygens (including phenoxy) is 1. The second-order valence-electron chi connectivity index (χ2n) is 3.71. The van der Waals surface area contributed by atoms with Crippen molar-refractivity contribution in [3.8, 4) is 0 Å². The minimum absolute atomic E-state index is 0.0367. The fourth-order valence-electron chi connectivity index (χ4n) is 1.76. The maximum atomic E-state index is 11.9. The van der Waals surface area contributed by atoms with E-state index in [9.17, 15) is 4.79 Å². The number of carbonyl (C=O) groups is 1. The number of carbonyl (C=O) groups excluding carboxylic acids is 1. The first kappa shape index (κ1) is 11.2. The van der Waals surface area contributed by atoms with Crippen LogP contribution in [-0.4, -0.2) is 41.8 Å². The fourth-order valence-corrected chi connectivity index (χ4v) is 1.76. The molecular weight excluding hydrogens is 210 g/mol. The van der Waals surface area contributed by atoms with Crippen molar-refractivity contribution in [1.29, 1.82) is 0 Å². The van der Waals surface area contributed by atoms with Gasteiger partial charge < -0.3 is 19.2 Å². The number of morpholine rings is 1. The number of aliphatic hydroxyl groups is 1. The fraction of sp³-hybridized carbons (Fsp3) is 0.545. The molecule has 0 spiro atoms. The lowest BCUT2D eigenvalue weighted by molar-refractivity contribution is -0.155. The van der Waals surface area contributed by atoms with Crippen LogP contribution >= 0.6 is 0 Å². The summed E-state index contributed by atoms with van der Waals surface area (Å²) in [6, 6.07) is 3.63. The van der Waals surface area contributed by atoms with Crippen molar-refractivity contribution < 1.29 is 19.1 Å².